The molecular formula is C27H31N5O6S. The summed E-state index contributed by atoms with van der Waals surface area (Å²) >= 11 is 0.823. The zero-order valence-electron chi connectivity index (χ0n) is 22.1. The maximum atomic E-state index is 13.1. The third-order valence-electron chi connectivity index (χ3n) is 7.40. The van der Waals surface area contributed by atoms with Crippen molar-refractivity contribution >= 4 is 46.3 Å². The van der Waals surface area contributed by atoms with E-state index < -0.39 is 11.1 Å². The number of carbonyl (C=O) groups is 3. The largest absolute Gasteiger partial charge is 0.378 e. The van der Waals surface area contributed by atoms with Crippen LogP contribution < -0.4 is 4.90 Å². The number of hydrogen-bond donors (Lipinski definition) is 0. The standard InChI is InChI=1S/C27H31N5O6S/c1-18-14-20(15-24-26(34)30(27(35)39-24)17-25(33)29-8-4-3-5-9-29)19(2)31(18)21-6-7-22(23(16-21)32(36)37)28-10-12-38-13-11-28/h6-7,14-16H,3-5,8-13,17H2,1-2H3/b24-15-. The van der Waals surface area contributed by atoms with Crippen molar-refractivity contribution in [2.75, 3.05) is 50.8 Å². The Morgan fingerprint density at radius 3 is 2.49 bits per heavy atom. The Bertz CT molecular complexity index is 1360. The van der Waals surface area contributed by atoms with E-state index in [-0.39, 0.29) is 28.0 Å². The Morgan fingerprint density at radius 1 is 1.08 bits per heavy atom. The summed E-state index contributed by atoms with van der Waals surface area (Å²) in [7, 11) is 0. The van der Waals surface area contributed by atoms with Crippen LogP contribution in [0.3, 0.4) is 0 Å². The van der Waals surface area contributed by atoms with Crippen LogP contribution >= 0.6 is 11.8 Å². The van der Waals surface area contributed by atoms with Crippen LogP contribution in [0, 0.1) is 24.0 Å². The monoisotopic (exact) mass is 553 g/mol. The van der Waals surface area contributed by atoms with Gasteiger partial charge in [-0.3, -0.25) is 29.4 Å². The van der Waals surface area contributed by atoms with Crippen molar-refractivity contribution in [3.63, 3.8) is 0 Å². The second-order valence-electron chi connectivity index (χ2n) is 9.90. The fourth-order valence-corrected chi connectivity index (χ4v) is 6.19. The number of nitro groups is 1. The van der Waals surface area contributed by atoms with E-state index in [9.17, 15) is 24.5 Å². The molecule has 1 aromatic carbocycles. The van der Waals surface area contributed by atoms with Gasteiger partial charge in [-0.05, 0) is 74.7 Å². The highest BCUT2D eigenvalue weighted by atomic mass is 32.2. The van der Waals surface area contributed by atoms with Crippen LogP contribution in [-0.4, -0.2) is 82.3 Å². The van der Waals surface area contributed by atoms with Crippen molar-refractivity contribution < 1.29 is 24.0 Å². The second-order valence-corrected chi connectivity index (χ2v) is 10.9. The van der Waals surface area contributed by atoms with Gasteiger partial charge in [0, 0.05) is 43.6 Å². The van der Waals surface area contributed by atoms with E-state index in [4.69, 9.17) is 4.74 Å². The molecule has 2 aromatic rings. The van der Waals surface area contributed by atoms with Gasteiger partial charge in [0.25, 0.3) is 16.8 Å². The van der Waals surface area contributed by atoms with E-state index in [0.717, 1.165) is 52.9 Å². The second kappa shape index (κ2) is 11.2. The first-order chi connectivity index (χ1) is 18.7. The minimum atomic E-state index is -0.481. The molecule has 3 saturated heterocycles. The molecule has 3 fully saturated rings. The van der Waals surface area contributed by atoms with Crippen molar-refractivity contribution in [3.05, 3.63) is 56.2 Å². The summed E-state index contributed by atoms with van der Waals surface area (Å²) < 4.78 is 7.28. The SMILES string of the molecule is Cc1cc(/C=C2\SC(=O)N(CC(=O)N3CCCCC3)C2=O)c(C)n1-c1ccc(N2CCOCC2)c([N+](=O)[O-])c1. The third kappa shape index (κ3) is 5.44. The molecule has 4 heterocycles. The number of benzene rings is 1. The number of ether oxygens (including phenoxy) is 1. The summed E-state index contributed by atoms with van der Waals surface area (Å²) in [6.07, 6.45) is 4.61. The molecule has 0 spiro atoms. The number of nitrogens with zero attached hydrogens (tertiary/aromatic N) is 5. The zero-order chi connectivity index (χ0) is 27.7. The van der Waals surface area contributed by atoms with Crippen LogP contribution in [0.15, 0.2) is 29.2 Å². The Morgan fingerprint density at radius 2 is 1.79 bits per heavy atom. The van der Waals surface area contributed by atoms with E-state index in [1.807, 2.05) is 35.4 Å². The fourth-order valence-electron chi connectivity index (χ4n) is 5.36. The molecule has 206 valence electrons. The van der Waals surface area contributed by atoms with Gasteiger partial charge in [0.2, 0.25) is 5.91 Å². The number of aryl methyl sites for hydroxylation is 1. The maximum Gasteiger partial charge on any atom is 0.294 e. The molecule has 3 aliphatic rings. The fraction of sp³-hybridized carbons (Fsp3) is 0.444. The molecule has 0 N–H and O–H groups in total. The Balaban J connectivity index is 1.39. The van der Waals surface area contributed by atoms with Crippen LogP contribution in [-0.2, 0) is 14.3 Å². The van der Waals surface area contributed by atoms with Crippen molar-refractivity contribution in [1.29, 1.82) is 0 Å². The van der Waals surface area contributed by atoms with Gasteiger partial charge in [0.1, 0.15) is 12.2 Å². The van der Waals surface area contributed by atoms with Gasteiger partial charge in [0.05, 0.1) is 28.7 Å². The smallest absolute Gasteiger partial charge is 0.294 e. The lowest BCUT2D eigenvalue weighted by Gasteiger charge is -2.28. The first-order valence-corrected chi connectivity index (χ1v) is 13.9. The molecule has 3 amide bonds. The quantitative estimate of drug-likeness (QED) is 0.300. The van der Waals surface area contributed by atoms with Gasteiger partial charge in [-0.15, -0.1) is 0 Å². The molecule has 0 bridgehead atoms. The van der Waals surface area contributed by atoms with Gasteiger partial charge in [-0.2, -0.15) is 0 Å². The topological polar surface area (TPSA) is 118 Å². The van der Waals surface area contributed by atoms with E-state index in [1.54, 1.807) is 23.1 Å². The van der Waals surface area contributed by atoms with Gasteiger partial charge >= 0.3 is 0 Å². The lowest BCUT2D eigenvalue weighted by molar-refractivity contribution is -0.384. The van der Waals surface area contributed by atoms with Crippen LogP contribution in [0.4, 0.5) is 16.2 Å². The highest BCUT2D eigenvalue weighted by Crippen LogP contribution is 2.36. The molecule has 0 saturated carbocycles. The average molecular weight is 554 g/mol. The van der Waals surface area contributed by atoms with Crippen molar-refractivity contribution in [3.8, 4) is 5.69 Å². The molecule has 0 unspecified atom stereocenters. The Hall–Kier alpha value is -3.64. The maximum absolute atomic E-state index is 13.1. The van der Waals surface area contributed by atoms with Crippen molar-refractivity contribution in [1.82, 2.24) is 14.4 Å². The number of rotatable bonds is 6. The summed E-state index contributed by atoms with van der Waals surface area (Å²) in [6.45, 7) is 7.03. The molecule has 0 aliphatic carbocycles. The predicted molar refractivity (Wildman–Crippen MR) is 148 cm³/mol. The first kappa shape index (κ1) is 26.9. The lowest BCUT2D eigenvalue weighted by Crippen LogP contribution is -2.44. The normalized spacial score (nSPS) is 19.3. The number of thioether (sulfide) groups is 1. The van der Waals surface area contributed by atoms with E-state index >= 15 is 0 Å². The van der Waals surface area contributed by atoms with Crippen LogP contribution in [0.2, 0.25) is 0 Å². The summed E-state index contributed by atoms with van der Waals surface area (Å²) in [5, 5.41) is 11.5. The van der Waals surface area contributed by atoms with Crippen LogP contribution in [0.5, 0.6) is 0 Å². The van der Waals surface area contributed by atoms with Crippen LogP contribution in [0.1, 0.15) is 36.2 Å². The first-order valence-electron chi connectivity index (χ1n) is 13.1. The Labute approximate surface area is 230 Å². The summed E-state index contributed by atoms with van der Waals surface area (Å²) in [5.74, 6) is -0.691. The lowest BCUT2D eigenvalue weighted by atomic mass is 10.1. The molecule has 3 aliphatic heterocycles. The number of aromatic nitrogens is 1. The predicted octanol–water partition coefficient (Wildman–Crippen LogP) is 3.89. The molecule has 39 heavy (non-hydrogen) atoms. The number of carbonyl (C=O) groups excluding carboxylic acids is 3. The molecule has 5 rings (SSSR count). The molecule has 0 atom stereocenters. The number of piperidine rings is 1. The zero-order valence-corrected chi connectivity index (χ0v) is 22.9. The average Bonchev–Trinajstić information content (AvgIpc) is 3.37. The van der Waals surface area contributed by atoms with E-state index in [0.29, 0.717) is 50.8 Å². The molecule has 12 heteroatoms. The summed E-state index contributed by atoms with van der Waals surface area (Å²) in [4.78, 5) is 54.9. The van der Waals surface area contributed by atoms with Crippen LogP contribution in [0.25, 0.3) is 11.8 Å². The minimum Gasteiger partial charge on any atom is -0.378 e. The van der Waals surface area contributed by atoms with Gasteiger partial charge < -0.3 is 19.1 Å². The van der Waals surface area contributed by atoms with E-state index in [1.165, 1.54) is 0 Å². The minimum absolute atomic E-state index is 0.0166. The van der Waals surface area contributed by atoms with E-state index in [2.05, 4.69) is 0 Å². The molecule has 11 nitrogen and oxygen atoms in total. The molecular weight excluding hydrogens is 522 g/mol. The van der Waals surface area contributed by atoms with Crippen molar-refractivity contribution in [2.24, 2.45) is 0 Å². The number of amides is 3. The number of hydrogen-bond acceptors (Lipinski definition) is 8. The Kier molecular flexibility index (Phi) is 7.76. The summed E-state index contributed by atoms with van der Waals surface area (Å²) in [5.41, 5.74) is 3.53. The number of nitro benzene ring substituents is 1. The number of morpholine rings is 1. The number of imide groups is 1. The number of likely N-dealkylation sites (tertiary alicyclic amines) is 1. The number of anilines is 1. The highest BCUT2D eigenvalue weighted by Gasteiger charge is 2.37. The van der Waals surface area contributed by atoms with Gasteiger partial charge in [-0.25, -0.2) is 0 Å². The highest BCUT2D eigenvalue weighted by molar-refractivity contribution is 8.18. The molecule has 1 aromatic heterocycles. The van der Waals surface area contributed by atoms with Gasteiger partial charge in [-0.1, -0.05) is 0 Å². The summed E-state index contributed by atoms with van der Waals surface area (Å²) in [6, 6.07) is 7.06. The van der Waals surface area contributed by atoms with Crippen molar-refractivity contribution in [2.45, 2.75) is 33.1 Å². The third-order valence-corrected chi connectivity index (χ3v) is 8.31. The van der Waals surface area contributed by atoms with Gasteiger partial charge in [0.15, 0.2) is 0 Å². The molecule has 0 radical (unpaired) electrons.